The van der Waals surface area contributed by atoms with Crippen LogP contribution in [0.4, 0.5) is 24.0 Å². The molecule has 0 aliphatic carbocycles. The van der Waals surface area contributed by atoms with Crippen molar-refractivity contribution in [1.82, 2.24) is 9.97 Å². The third-order valence-electron chi connectivity index (χ3n) is 3.94. The zero-order chi connectivity index (χ0) is 23.7. The van der Waals surface area contributed by atoms with Crippen LogP contribution in [0, 0.1) is 6.92 Å². The van der Waals surface area contributed by atoms with E-state index >= 15 is 0 Å². The first kappa shape index (κ1) is 23.3. The molecule has 3 N–H and O–H groups in total. The zero-order valence-corrected chi connectivity index (χ0v) is 18.1. The maximum Gasteiger partial charge on any atom is 0.491 e. The van der Waals surface area contributed by atoms with Gasteiger partial charge in [-0.05, 0) is 30.7 Å². The second kappa shape index (κ2) is 8.63. The first-order valence-corrected chi connectivity index (χ1v) is 10.9. The molecule has 0 amide bonds. The van der Waals surface area contributed by atoms with Gasteiger partial charge in [0.05, 0.1) is 35.8 Å². The van der Waals surface area contributed by atoms with Gasteiger partial charge in [0.2, 0.25) is 0 Å². The van der Waals surface area contributed by atoms with E-state index in [0.717, 1.165) is 18.5 Å². The van der Waals surface area contributed by atoms with Crippen LogP contribution in [0.3, 0.4) is 0 Å². The Morgan fingerprint density at radius 1 is 1.22 bits per heavy atom. The number of ether oxygens (including phenoxy) is 2. The highest BCUT2D eigenvalue weighted by molar-refractivity contribution is 7.92. The largest absolute Gasteiger partial charge is 0.495 e. The Bertz CT molecular complexity index is 1280. The summed E-state index contributed by atoms with van der Waals surface area (Å²) in [5.74, 6) is -3.04. The number of hydrogen-bond donors (Lipinski definition) is 2. The van der Waals surface area contributed by atoms with E-state index in [1.165, 1.54) is 30.6 Å². The van der Waals surface area contributed by atoms with Crippen molar-refractivity contribution in [3.05, 3.63) is 42.4 Å². The Morgan fingerprint density at radius 3 is 2.53 bits per heavy atom. The Morgan fingerprint density at radius 2 is 1.94 bits per heavy atom. The fourth-order valence-electron chi connectivity index (χ4n) is 2.62. The lowest BCUT2D eigenvalue weighted by Gasteiger charge is -2.13. The maximum absolute atomic E-state index is 13.0. The normalized spacial score (nSPS) is 11.8. The highest BCUT2D eigenvalue weighted by atomic mass is 32.2. The Hall–Kier alpha value is -3.39. The second-order valence-corrected chi connectivity index (χ2v) is 8.92. The molecule has 170 valence electrons. The van der Waals surface area contributed by atoms with Gasteiger partial charge in [0.25, 0.3) is 10.0 Å². The van der Waals surface area contributed by atoms with Crippen molar-refractivity contribution >= 4 is 38.1 Å². The van der Waals surface area contributed by atoms with E-state index in [9.17, 15) is 26.4 Å². The van der Waals surface area contributed by atoms with Crippen molar-refractivity contribution < 1.29 is 35.9 Å². The third-order valence-corrected chi connectivity index (χ3v) is 6.37. The van der Waals surface area contributed by atoms with Crippen molar-refractivity contribution in [3.63, 3.8) is 0 Å². The summed E-state index contributed by atoms with van der Waals surface area (Å²) >= 11 is 1.17. The molecule has 3 rings (SSSR count). The molecule has 0 unspecified atom stereocenters. The number of pyridine rings is 1. The van der Waals surface area contributed by atoms with Crippen LogP contribution in [0.5, 0.6) is 11.5 Å². The average Bonchev–Trinajstić information content (AvgIpc) is 3.04. The van der Waals surface area contributed by atoms with Gasteiger partial charge < -0.3 is 15.2 Å². The summed E-state index contributed by atoms with van der Waals surface area (Å²) in [5.41, 5.74) is 6.61. The lowest BCUT2D eigenvalue weighted by Crippen LogP contribution is -2.28. The standard InChI is InChI=1S/C18H15F3N4O5S2/c1-9-15(31-17(22)24-9)10-3-4-13(29-2)14(5-10)32(27,28)25-11-6-12(8-23-7-11)30-16(26)18(19,20)21/h3-8,25H,1-2H3,(H2,22,24). The number of nitrogens with zero attached hydrogens (tertiary/aromatic N) is 2. The molecule has 3 aromatic rings. The number of alkyl halides is 3. The number of carbonyl (C=O) groups is 1. The van der Waals surface area contributed by atoms with Crippen LogP contribution in [0.2, 0.25) is 0 Å². The van der Waals surface area contributed by atoms with Gasteiger partial charge in [0.1, 0.15) is 10.6 Å². The topological polar surface area (TPSA) is 134 Å². The monoisotopic (exact) mass is 488 g/mol. The van der Waals surface area contributed by atoms with Crippen molar-refractivity contribution in [3.8, 4) is 21.9 Å². The van der Waals surface area contributed by atoms with Gasteiger partial charge in [-0.2, -0.15) is 13.2 Å². The molecule has 0 fully saturated rings. The summed E-state index contributed by atoms with van der Waals surface area (Å²) in [7, 11) is -3.01. The number of anilines is 2. The van der Waals surface area contributed by atoms with Crippen LogP contribution < -0.4 is 19.9 Å². The van der Waals surface area contributed by atoms with E-state index in [1.807, 2.05) is 0 Å². The number of carbonyl (C=O) groups excluding carboxylic acids is 1. The molecule has 14 heteroatoms. The smallest absolute Gasteiger partial charge is 0.491 e. The number of methoxy groups -OCH3 is 1. The molecule has 0 aliphatic rings. The summed E-state index contributed by atoms with van der Waals surface area (Å²) in [5, 5.41) is 0.312. The first-order valence-electron chi connectivity index (χ1n) is 8.59. The van der Waals surface area contributed by atoms with Gasteiger partial charge in [-0.25, -0.2) is 18.2 Å². The number of nitrogen functional groups attached to an aromatic ring is 1. The molecule has 0 saturated heterocycles. The SMILES string of the molecule is COc1ccc(-c2sc(N)nc2C)cc1S(=O)(=O)Nc1cncc(OC(=O)C(F)(F)F)c1. The number of aryl methyl sites for hydroxylation is 1. The molecule has 1 aromatic carbocycles. The molecule has 2 heterocycles. The number of halogens is 3. The third kappa shape index (κ3) is 5.08. The second-order valence-electron chi connectivity index (χ2n) is 6.23. The highest BCUT2D eigenvalue weighted by Crippen LogP contribution is 2.36. The van der Waals surface area contributed by atoms with Crippen molar-refractivity contribution in [2.75, 3.05) is 17.6 Å². The van der Waals surface area contributed by atoms with E-state index in [4.69, 9.17) is 10.5 Å². The predicted molar refractivity (Wildman–Crippen MR) is 110 cm³/mol. The van der Waals surface area contributed by atoms with Crippen LogP contribution >= 0.6 is 11.3 Å². The van der Waals surface area contributed by atoms with E-state index in [2.05, 4.69) is 19.4 Å². The van der Waals surface area contributed by atoms with Gasteiger partial charge in [0, 0.05) is 6.07 Å². The van der Waals surface area contributed by atoms with Gasteiger partial charge >= 0.3 is 12.1 Å². The van der Waals surface area contributed by atoms with Gasteiger partial charge in [-0.1, -0.05) is 11.3 Å². The number of aromatic nitrogens is 2. The predicted octanol–water partition coefficient (Wildman–Crippen LogP) is 3.37. The molecule has 9 nitrogen and oxygen atoms in total. The summed E-state index contributed by atoms with van der Waals surface area (Å²) in [4.78, 5) is 19.1. The number of esters is 1. The quantitative estimate of drug-likeness (QED) is 0.505. The Kier molecular flexibility index (Phi) is 6.27. The van der Waals surface area contributed by atoms with Crippen molar-refractivity contribution in [2.24, 2.45) is 0 Å². The number of nitrogens with one attached hydrogen (secondary N) is 1. The Balaban J connectivity index is 1.95. The fraction of sp³-hybridized carbons (Fsp3) is 0.167. The summed E-state index contributed by atoms with van der Waals surface area (Å²) in [6.45, 7) is 1.72. The van der Waals surface area contributed by atoms with Crippen LogP contribution in [0.25, 0.3) is 10.4 Å². The molecule has 0 spiro atoms. The fourth-order valence-corrected chi connectivity index (χ4v) is 4.68. The number of thiazole rings is 1. The van der Waals surface area contributed by atoms with E-state index in [-0.39, 0.29) is 16.3 Å². The van der Waals surface area contributed by atoms with Crippen LogP contribution in [-0.4, -0.2) is 37.6 Å². The Labute approximate surface area is 184 Å². The lowest BCUT2D eigenvalue weighted by molar-refractivity contribution is -0.189. The summed E-state index contributed by atoms with van der Waals surface area (Å²) in [6, 6.07) is 5.32. The summed E-state index contributed by atoms with van der Waals surface area (Å²) < 4.78 is 74.7. The van der Waals surface area contributed by atoms with Crippen LogP contribution in [-0.2, 0) is 14.8 Å². The number of nitrogens with two attached hydrogens (primary N) is 1. The van der Waals surface area contributed by atoms with E-state index in [1.54, 1.807) is 13.0 Å². The van der Waals surface area contributed by atoms with Gasteiger partial charge in [0.15, 0.2) is 10.9 Å². The van der Waals surface area contributed by atoms with Gasteiger partial charge in [-0.15, -0.1) is 0 Å². The molecule has 0 atom stereocenters. The average molecular weight is 488 g/mol. The molecular formula is C18H15F3N4O5S2. The molecule has 2 aromatic heterocycles. The minimum atomic E-state index is -5.22. The molecule has 0 aliphatic heterocycles. The number of hydrogen-bond acceptors (Lipinski definition) is 9. The van der Waals surface area contributed by atoms with Crippen molar-refractivity contribution in [1.29, 1.82) is 0 Å². The summed E-state index contributed by atoms with van der Waals surface area (Å²) in [6.07, 6.45) is -3.35. The molecule has 0 bridgehead atoms. The van der Waals surface area contributed by atoms with Gasteiger partial charge in [-0.3, -0.25) is 9.71 Å². The highest BCUT2D eigenvalue weighted by Gasteiger charge is 2.41. The molecule has 0 radical (unpaired) electrons. The minimum absolute atomic E-state index is 0.0176. The number of sulfonamides is 1. The number of rotatable bonds is 6. The van der Waals surface area contributed by atoms with Crippen molar-refractivity contribution in [2.45, 2.75) is 18.0 Å². The van der Waals surface area contributed by atoms with Crippen LogP contribution in [0.15, 0.2) is 41.6 Å². The zero-order valence-electron chi connectivity index (χ0n) is 16.4. The van der Waals surface area contributed by atoms with E-state index in [0.29, 0.717) is 21.3 Å². The molecular weight excluding hydrogens is 473 g/mol. The number of benzene rings is 1. The molecule has 0 saturated carbocycles. The van der Waals surface area contributed by atoms with Crippen LogP contribution in [0.1, 0.15) is 5.69 Å². The molecule has 32 heavy (non-hydrogen) atoms. The maximum atomic E-state index is 13.0. The lowest BCUT2D eigenvalue weighted by atomic mass is 10.1. The minimum Gasteiger partial charge on any atom is -0.495 e. The van der Waals surface area contributed by atoms with E-state index < -0.39 is 27.9 Å². The first-order chi connectivity index (χ1) is 14.9.